The fraction of sp³-hybridized carbons (Fsp3) is 0.211. The first-order chi connectivity index (χ1) is 12.0. The van der Waals surface area contributed by atoms with E-state index in [1.165, 1.54) is 11.7 Å². The zero-order chi connectivity index (χ0) is 18.0. The molecule has 1 amide bonds. The summed E-state index contributed by atoms with van der Waals surface area (Å²) < 4.78 is 6.91. The first kappa shape index (κ1) is 16.7. The first-order valence-corrected chi connectivity index (χ1v) is 8.01. The van der Waals surface area contributed by atoms with Crippen molar-refractivity contribution in [3.63, 3.8) is 0 Å². The van der Waals surface area contributed by atoms with E-state index in [1.807, 2.05) is 18.2 Å². The summed E-state index contributed by atoms with van der Waals surface area (Å²) in [5.41, 5.74) is 1.72. The molecule has 0 saturated heterocycles. The number of hydrogen-bond acceptors (Lipinski definition) is 4. The number of amides is 1. The predicted octanol–water partition coefficient (Wildman–Crippen LogP) is 3.05. The second-order valence-corrected chi connectivity index (χ2v) is 5.60. The molecule has 1 aromatic heterocycles. The normalized spacial score (nSPS) is 10.7. The minimum Gasteiger partial charge on any atom is -0.494 e. The maximum absolute atomic E-state index is 12.9. The summed E-state index contributed by atoms with van der Waals surface area (Å²) >= 11 is 0. The van der Waals surface area contributed by atoms with Crippen molar-refractivity contribution in [2.24, 2.45) is 0 Å². The lowest BCUT2D eigenvalue weighted by Crippen LogP contribution is -2.22. The van der Waals surface area contributed by atoms with Crippen molar-refractivity contribution in [3.05, 3.63) is 58.6 Å². The maximum atomic E-state index is 12.9. The van der Waals surface area contributed by atoms with Crippen molar-refractivity contribution >= 4 is 22.5 Å². The highest BCUT2D eigenvalue weighted by molar-refractivity contribution is 5.92. The van der Waals surface area contributed by atoms with Crippen molar-refractivity contribution < 1.29 is 9.53 Å². The monoisotopic (exact) mass is 337 g/mol. The van der Waals surface area contributed by atoms with Gasteiger partial charge in [0.15, 0.2) is 0 Å². The number of carbonyl (C=O) groups is 1. The van der Waals surface area contributed by atoms with Gasteiger partial charge in [-0.3, -0.25) is 14.2 Å². The van der Waals surface area contributed by atoms with Gasteiger partial charge in [0.05, 0.1) is 29.4 Å². The Labute approximate surface area is 145 Å². The molecule has 0 aliphatic rings. The number of methoxy groups -OCH3 is 1. The van der Waals surface area contributed by atoms with Crippen LogP contribution in [0.5, 0.6) is 5.75 Å². The number of carbonyl (C=O) groups excluding carboxylic acids is 1. The standard InChI is InChI=1S/C19H19N3O3/c1-4-18(23)21-16-10-9-13(11-17(16)25-3)22-12(2)20-15-8-6-5-7-14(15)19(22)24/h5-11H,4H2,1-3H3,(H,21,23). The number of nitrogens with zero attached hydrogens (tertiary/aromatic N) is 2. The number of benzene rings is 2. The van der Waals surface area contributed by atoms with Crippen LogP contribution in [0.4, 0.5) is 5.69 Å². The van der Waals surface area contributed by atoms with Gasteiger partial charge in [0, 0.05) is 12.5 Å². The van der Waals surface area contributed by atoms with E-state index in [2.05, 4.69) is 10.3 Å². The zero-order valence-corrected chi connectivity index (χ0v) is 14.4. The van der Waals surface area contributed by atoms with Crippen molar-refractivity contribution in [3.8, 4) is 11.4 Å². The number of anilines is 1. The molecular formula is C19H19N3O3. The highest BCUT2D eigenvalue weighted by Gasteiger charge is 2.13. The van der Waals surface area contributed by atoms with Crippen LogP contribution in [0.25, 0.3) is 16.6 Å². The van der Waals surface area contributed by atoms with Crippen molar-refractivity contribution in [2.75, 3.05) is 12.4 Å². The van der Waals surface area contributed by atoms with Crippen LogP contribution in [0.2, 0.25) is 0 Å². The third-order valence-electron chi connectivity index (χ3n) is 3.98. The van der Waals surface area contributed by atoms with Gasteiger partial charge in [-0.15, -0.1) is 0 Å². The van der Waals surface area contributed by atoms with Crippen molar-refractivity contribution in [1.29, 1.82) is 0 Å². The molecule has 2 aromatic carbocycles. The van der Waals surface area contributed by atoms with Crippen LogP contribution in [0, 0.1) is 6.92 Å². The molecule has 3 aromatic rings. The number of fused-ring (bicyclic) bond motifs is 1. The highest BCUT2D eigenvalue weighted by Crippen LogP contribution is 2.27. The van der Waals surface area contributed by atoms with Gasteiger partial charge in [-0.25, -0.2) is 4.98 Å². The van der Waals surface area contributed by atoms with Crippen LogP contribution in [0.3, 0.4) is 0 Å². The van der Waals surface area contributed by atoms with E-state index in [1.54, 1.807) is 38.1 Å². The van der Waals surface area contributed by atoms with E-state index >= 15 is 0 Å². The van der Waals surface area contributed by atoms with Gasteiger partial charge in [0.2, 0.25) is 5.91 Å². The van der Waals surface area contributed by atoms with E-state index < -0.39 is 0 Å². The number of aromatic nitrogens is 2. The van der Waals surface area contributed by atoms with Gasteiger partial charge in [-0.1, -0.05) is 19.1 Å². The molecule has 1 heterocycles. The molecule has 1 N–H and O–H groups in total. The molecule has 0 saturated carbocycles. The summed E-state index contributed by atoms with van der Waals surface area (Å²) in [6.45, 7) is 3.56. The third kappa shape index (κ3) is 3.10. The van der Waals surface area contributed by atoms with Crippen LogP contribution in [-0.2, 0) is 4.79 Å². The number of nitrogens with one attached hydrogen (secondary N) is 1. The minimum atomic E-state index is -0.143. The molecular weight excluding hydrogens is 318 g/mol. The Morgan fingerprint density at radius 3 is 2.72 bits per heavy atom. The lowest BCUT2D eigenvalue weighted by atomic mass is 10.2. The van der Waals surface area contributed by atoms with Gasteiger partial charge < -0.3 is 10.1 Å². The van der Waals surface area contributed by atoms with E-state index in [0.29, 0.717) is 40.3 Å². The van der Waals surface area contributed by atoms with Gasteiger partial charge in [0.1, 0.15) is 11.6 Å². The predicted molar refractivity (Wildman–Crippen MR) is 97.5 cm³/mol. The second-order valence-electron chi connectivity index (χ2n) is 5.60. The second kappa shape index (κ2) is 6.76. The van der Waals surface area contributed by atoms with Crippen molar-refractivity contribution in [1.82, 2.24) is 9.55 Å². The van der Waals surface area contributed by atoms with Crippen LogP contribution >= 0.6 is 0 Å². The Morgan fingerprint density at radius 1 is 1.24 bits per heavy atom. The molecule has 0 fully saturated rings. The molecule has 128 valence electrons. The number of aryl methyl sites for hydroxylation is 1. The lowest BCUT2D eigenvalue weighted by molar-refractivity contribution is -0.115. The smallest absolute Gasteiger partial charge is 0.265 e. The average Bonchev–Trinajstić information content (AvgIpc) is 2.62. The molecule has 0 bridgehead atoms. The zero-order valence-electron chi connectivity index (χ0n) is 14.4. The van der Waals surface area contributed by atoms with Gasteiger partial charge in [-0.05, 0) is 31.2 Å². The Balaban J connectivity index is 2.15. The molecule has 6 heteroatoms. The van der Waals surface area contributed by atoms with Crippen LogP contribution < -0.4 is 15.6 Å². The number of para-hydroxylation sites is 1. The molecule has 6 nitrogen and oxygen atoms in total. The molecule has 0 aliphatic heterocycles. The number of ether oxygens (including phenoxy) is 1. The molecule has 0 spiro atoms. The van der Waals surface area contributed by atoms with E-state index in [-0.39, 0.29) is 11.5 Å². The first-order valence-electron chi connectivity index (χ1n) is 8.01. The molecule has 0 aliphatic carbocycles. The maximum Gasteiger partial charge on any atom is 0.265 e. The molecule has 0 atom stereocenters. The number of hydrogen-bond donors (Lipinski definition) is 1. The summed E-state index contributed by atoms with van der Waals surface area (Å²) in [6.07, 6.45) is 0.373. The molecule has 25 heavy (non-hydrogen) atoms. The average molecular weight is 337 g/mol. The Morgan fingerprint density at radius 2 is 2.00 bits per heavy atom. The Kier molecular flexibility index (Phi) is 4.52. The SMILES string of the molecule is CCC(=O)Nc1ccc(-n2c(C)nc3ccccc3c2=O)cc1OC. The van der Waals surface area contributed by atoms with Gasteiger partial charge in [0.25, 0.3) is 5.56 Å². The fourth-order valence-corrected chi connectivity index (χ4v) is 2.71. The third-order valence-corrected chi connectivity index (χ3v) is 3.98. The minimum absolute atomic E-state index is 0.105. The Hall–Kier alpha value is -3.15. The largest absolute Gasteiger partial charge is 0.494 e. The van der Waals surface area contributed by atoms with Crippen LogP contribution in [-0.4, -0.2) is 22.6 Å². The topological polar surface area (TPSA) is 73.2 Å². The molecule has 3 rings (SSSR count). The fourth-order valence-electron chi connectivity index (χ4n) is 2.71. The molecule has 0 radical (unpaired) electrons. The summed E-state index contributed by atoms with van der Waals surface area (Å²) in [4.78, 5) is 29.0. The summed E-state index contributed by atoms with van der Waals surface area (Å²) in [5, 5.41) is 3.33. The van der Waals surface area contributed by atoms with Crippen molar-refractivity contribution in [2.45, 2.75) is 20.3 Å². The highest BCUT2D eigenvalue weighted by atomic mass is 16.5. The summed E-state index contributed by atoms with van der Waals surface area (Å²) in [6, 6.07) is 12.4. The quantitative estimate of drug-likeness (QED) is 0.794. The number of rotatable bonds is 4. The van der Waals surface area contributed by atoms with E-state index in [4.69, 9.17) is 4.74 Å². The van der Waals surface area contributed by atoms with Gasteiger partial charge >= 0.3 is 0 Å². The summed E-state index contributed by atoms with van der Waals surface area (Å²) in [5.74, 6) is 0.960. The molecule has 0 unspecified atom stereocenters. The lowest BCUT2D eigenvalue weighted by Gasteiger charge is -2.14. The Bertz CT molecular complexity index is 1010. The van der Waals surface area contributed by atoms with Crippen LogP contribution in [0.1, 0.15) is 19.2 Å². The van der Waals surface area contributed by atoms with Gasteiger partial charge in [-0.2, -0.15) is 0 Å². The van der Waals surface area contributed by atoms with Crippen LogP contribution in [0.15, 0.2) is 47.3 Å². The summed E-state index contributed by atoms with van der Waals surface area (Å²) in [7, 11) is 1.52. The van der Waals surface area contributed by atoms with E-state index in [0.717, 1.165) is 0 Å². The van der Waals surface area contributed by atoms with E-state index in [9.17, 15) is 9.59 Å².